The molecule has 0 N–H and O–H groups in total. The molecule has 1 aliphatic rings. The summed E-state index contributed by atoms with van der Waals surface area (Å²) in [5, 5.41) is 10.0. The van der Waals surface area contributed by atoms with Gasteiger partial charge in [0.15, 0.2) is 0 Å². The molecular formula is C19H19Cl2N5. The third-order valence-electron chi connectivity index (χ3n) is 4.58. The molecule has 0 aliphatic carbocycles. The lowest BCUT2D eigenvalue weighted by Gasteiger charge is -2.35. The van der Waals surface area contributed by atoms with Gasteiger partial charge in [0.1, 0.15) is 0 Å². The van der Waals surface area contributed by atoms with Crippen LogP contribution in [-0.4, -0.2) is 46.1 Å². The first-order valence-electron chi connectivity index (χ1n) is 8.57. The quantitative estimate of drug-likeness (QED) is 0.680. The molecule has 0 bridgehead atoms. The van der Waals surface area contributed by atoms with Crippen LogP contribution in [0.25, 0.3) is 5.69 Å². The van der Waals surface area contributed by atoms with Gasteiger partial charge in [-0.15, -0.1) is 5.10 Å². The molecule has 5 nitrogen and oxygen atoms in total. The van der Waals surface area contributed by atoms with Crippen molar-refractivity contribution < 1.29 is 0 Å². The number of piperazine rings is 1. The zero-order valence-corrected chi connectivity index (χ0v) is 15.7. The highest BCUT2D eigenvalue weighted by Gasteiger charge is 2.18. The molecule has 0 spiro atoms. The van der Waals surface area contributed by atoms with Crippen LogP contribution >= 0.6 is 23.2 Å². The SMILES string of the molecule is Clc1ccc(N2CCN(Cc3cn(-c4ccc(Cl)cc4)nn3)CC2)cc1. The summed E-state index contributed by atoms with van der Waals surface area (Å²) in [5.41, 5.74) is 3.16. The predicted molar refractivity (Wildman–Crippen MR) is 105 cm³/mol. The topological polar surface area (TPSA) is 37.2 Å². The standard InChI is InChI=1S/C19H19Cl2N5/c20-15-1-5-18(6-2-15)25-11-9-24(10-12-25)13-17-14-26(23-22-17)19-7-3-16(21)4-8-19/h1-8,14H,9-13H2. The van der Waals surface area contributed by atoms with E-state index in [0.29, 0.717) is 5.02 Å². The zero-order chi connectivity index (χ0) is 17.9. The maximum absolute atomic E-state index is 5.97. The van der Waals surface area contributed by atoms with Gasteiger partial charge in [0.2, 0.25) is 0 Å². The Kier molecular flexibility index (Phi) is 5.11. The Morgan fingerprint density at radius 2 is 1.35 bits per heavy atom. The number of rotatable bonds is 4. The summed E-state index contributed by atoms with van der Waals surface area (Å²) in [6, 6.07) is 15.6. The van der Waals surface area contributed by atoms with Crippen LogP contribution in [0.4, 0.5) is 5.69 Å². The summed E-state index contributed by atoms with van der Waals surface area (Å²) in [7, 11) is 0. The first kappa shape index (κ1) is 17.3. The van der Waals surface area contributed by atoms with Crippen molar-refractivity contribution in [2.45, 2.75) is 6.54 Å². The van der Waals surface area contributed by atoms with Crippen LogP contribution in [0, 0.1) is 0 Å². The molecule has 3 aromatic rings. The van der Waals surface area contributed by atoms with Gasteiger partial charge in [-0.05, 0) is 48.5 Å². The lowest BCUT2D eigenvalue weighted by atomic mass is 10.2. The molecule has 134 valence electrons. The molecule has 1 fully saturated rings. The van der Waals surface area contributed by atoms with Crippen LogP contribution < -0.4 is 4.90 Å². The van der Waals surface area contributed by atoms with Crippen LogP contribution in [0.15, 0.2) is 54.7 Å². The van der Waals surface area contributed by atoms with Crippen LogP contribution in [0.1, 0.15) is 5.69 Å². The number of aromatic nitrogens is 3. The first-order chi connectivity index (χ1) is 12.7. The fraction of sp³-hybridized carbons (Fsp3) is 0.263. The van der Waals surface area contributed by atoms with E-state index < -0.39 is 0 Å². The third-order valence-corrected chi connectivity index (χ3v) is 5.09. The summed E-state index contributed by atoms with van der Waals surface area (Å²) < 4.78 is 1.79. The maximum Gasteiger partial charge on any atom is 0.0971 e. The molecule has 2 aromatic carbocycles. The fourth-order valence-electron chi connectivity index (χ4n) is 3.14. The van der Waals surface area contributed by atoms with E-state index in [9.17, 15) is 0 Å². The first-order valence-corrected chi connectivity index (χ1v) is 9.33. The number of hydrogen-bond acceptors (Lipinski definition) is 4. The molecule has 1 aromatic heterocycles. The van der Waals surface area contributed by atoms with Gasteiger partial charge in [-0.1, -0.05) is 28.4 Å². The Hall–Kier alpha value is -2.08. The Bertz CT molecular complexity index is 852. The van der Waals surface area contributed by atoms with Crippen molar-refractivity contribution in [3.8, 4) is 5.69 Å². The monoisotopic (exact) mass is 387 g/mol. The number of hydrogen-bond donors (Lipinski definition) is 0. The smallest absolute Gasteiger partial charge is 0.0971 e. The summed E-state index contributed by atoms with van der Waals surface area (Å²) in [4.78, 5) is 4.79. The second-order valence-corrected chi connectivity index (χ2v) is 7.24. The largest absolute Gasteiger partial charge is 0.369 e. The van der Waals surface area contributed by atoms with E-state index in [0.717, 1.165) is 49.1 Å². The van der Waals surface area contributed by atoms with Crippen molar-refractivity contribution in [1.82, 2.24) is 19.9 Å². The second-order valence-electron chi connectivity index (χ2n) is 6.37. The molecule has 2 heterocycles. The van der Waals surface area contributed by atoms with Gasteiger partial charge in [0.25, 0.3) is 0 Å². The van der Waals surface area contributed by atoms with E-state index in [2.05, 4.69) is 32.2 Å². The fourth-order valence-corrected chi connectivity index (χ4v) is 3.39. The van der Waals surface area contributed by atoms with Gasteiger partial charge in [0.05, 0.1) is 17.6 Å². The van der Waals surface area contributed by atoms with E-state index in [4.69, 9.17) is 23.2 Å². The Morgan fingerprint density at radius 1 is 0.769 bits per heavy atom. The van der Waals surface area contributed by atoms with Crippen LogP contribution in [-0.2, 0) is 6.54 Å². The second kappa shape index (κ2) is 7.66. The van der Waals surface area contributed by atoms with Gasteiger partial charge in [-0.3, -0.25) is 4.90 Å². The molecule has 7 heteroatoms. The predicted octanol–water partition coefficient (Wildman–Crippen LogP) is 3.90. The van der Waals surface area contributed by atoms with Gasteiger partial charge in [-0.25, -0.2) is 4.68 Å². The molecular weight excluding hydrogens is 369 g/mol. The molecule has 0 radical (unpaired) electrons. The van der Waals surface area contributed by atoms with Crippen molar-refractivity contribution in [2.75, 3.05) is 31.1 Å². The van der Waals surface area contributed by atoms with Crippen molar-refractivity contribution >= 4 is 28.9 Å². The average molecular weight is 388 g/mol. The van der Waals surface area contributed by atoms with Gasteiger partial charge < -0.3 is 4.90 Å². The van der Waals surface area contributed by atoms with E-state index in [1.165, 1.54) is 5.69 Å². The maximum atomic E-state index is 5.97. The lowest BCUT2D eigenvalue weighted by molar-refractivity contribution is 0.247. The summed E-state index contributed by atoms with van der Waals surface area (Å²) in [5.74, 6) is 0. The zero-order valence-electron chi connectivity index (χ0n) is 14.2. The molecule has 0 atom stereocenters. The number of anilines is 1. The molecule has 0 amide bonds. The van der Waals surface area contributed by atoms with Crippen molar-refractivity contribution in [2.24, 2.45) is 0 Å². The highest BCUT2D eigenvalue weighted by Crippen LogP contribution is 2.20. The average Bonchev–Trinajstić information content (AvgIpc) is 3.12. The summed E-state index contributed by atoms with van der Waals surface area (Å²) in [6.45, 7) is 4.79. The molecule has 26 heavy (non-hydrogen) atoms. The number of halogens is 2. The van der Waals surface area contributed by atoms with Gasteiger partial charge in [0, 0.05) is 48.5 Å². The molecule has 1 aliphatic heterocycles. The summed E-state index contributed by atoms with van der Waals surface area (Å²) >= 11 is 11.9. The highest BCUT2D eigenvalue weighted by atomic mass is 35.5. The van der Waals surface area contributed by atoms with Gasteiger partial charge in [-0.2, -0.15) is 0 Å². The third kappa shape index (κ3) is 4.01. The van der Waals surface area contributed by atoms with Crippen molar-refractivity contribution in [1.29, 1.82) is 0 Å². The minimum atomic E-state index is 0.715. The van der Waals surface area contributed by atoms with Crippen LogP contribution in [0.2, 0.25) is 10.0 Å². The molecule has 0 saturated carbocycles. The molecule has 1 saturated heterocycles. The minimum absolute atomic E-state index is 0.715. The van der Waals surface area contributed by atoms with E-state index in [-0.39, 0.29) is 0 Å². The van der Waals surface area contributed by atoms with Crippen LogP contribution in [0.3, 0.4) is 0 Å². The normalized spacial score (nSPS) is 15.4. The molecule has 4 rings (SSSR count). The highest BCUT2D eigenvalue weighted by molar-refractivity contribution is 6.30. The van der Waals surface area contributed by atoms with E-state index in [1.54, 1.807) is 4.68 Å². The van der Waals surface area contributed by atoms with E-state index in [1.807, 2.05) is 42.6 Å². The Morgan fingerprint density at radius 3 is 1.96 bits per heavy atom. The van der Waals surface area contributed by atoms with E-state index >= 15 is 0 Å². The van der Waals surface area contributed by atoms with Crippen LogP contribution in [0.5, 0.6) is 0 Å². The van der Waals surface area contributed by atoms with Crippen molar-refractivity contribution in [3.05, 3.63) is 70.5 Å². The number of benzene rings is 2. The molecule has 0 unspecified atom stereocenters. The van der Waals surface area contributed by atoms with Gasteiger partial charge >= 0.3 is 0 Å². The summed E-state index contributed by atoms with van der Waals surface area (Å²) in [6.07, 6.45) is 1.98. The lowest BCUT2D eigenvalue weighted by Crippen LogP contribution is -2.46. The Labute approximate surface area is 162 Å². The number of nitrogens with zero attached hydrogens (tertiary/aromatic N) is 5. The van der Waals surface area contributed by atoms with Crippen molar-refractivity contribution in [3.63, 3.8) is 0 Å². The Balaban J connectivity index is 1.34. The minimum Gasteiger partial charge on any atom is -0.369 e.